The molecule has 14 aliphatic rings. The van der Waals surface area contributed by atoms with E-state index < -0.39 is 147 Å². The second-order valence-corrected chi connectivity index (χ2v) is 42.1. The Morgan fingerprint density at radius 2 is 0.866 bits per heavy atom. The van der Waals surface area contributed by atoms with Gasteiger partial charge < -0.3 is 86.6 Å². The SMILES string of the molecule is CC(C)(C)OC(=O)Nc1cccc(Cc2ccc(C=O)cc2)c1.C[C@]12C=CC(=O)C=C1CC[C@@H]1[C@@H]2[C@@H](O)C[C@@]2(C)[C@H]1C[C@@H](O)[C@]2(O)C(=O)CO.C[C@]12C=CC(=O)C=C1CC[C@@H]1[C@@H]2[C@@H](O)C[C@@]2(C)[C@H]1C[C@H]1O[C@@H](c3ccc(Nc4cccc(N)c4)cc3)O[C@]12C(=O)CO.C[C@]12C=CC(=O)C=C1CC[C@@H]1[C@@H]2[C@@H](O)C[C@@]2(C)[C@H]1C[C@H]1O[C@H](c3ccc(Nc4cccc(N)c4)cc3)O[C@]12C(=O)CO. The molecule has 15 N–H and O–H groups in total. The summed E-state index contributed by atoms with van der Waals surface area (Å²) in [5, 5.41) is 95.7. The van der Waals surface area contributed by atoms with E-state index in [-0.39, 0.29) is 83.5 Å². The van der Waals surface area contributed by atoms with Crippen LogP contribution in [-0.4, -0.2) is 167 Å². The molecule has 9 saturated carbocycles. The lowest BCUT2D eigenvalue weighted by Gasteiger charge is -2.59. The molecular weight excluding hydrogens is 1700 g/mol. The Labute approximate surface area is 780 Å². The standard InChI is InChI=1S/2C34H38N2O6.C21H28O6.C19H21NO3/c2*1-32-13-12-24(38)14-20(32)8-11-25-26-16-29-34(28(40)18-37,33(26,2)17-27(39)30(25)32)42-31(41-29)19-6-9-22(10-7-19)36-23-5-3-4-21(35)15-23;1-19-6-5-12(23)7-11(19)3-4-13-14-8-16(25)21(27,17(26)10-22)20(14,2)9-15(24)18(13)19;1-19(2,3)23-18(22)20-17-6-4-5-16(12-17)11-14-7-9-15(13-21)10-8-14/h2*3-7,9-10,12-15,25-27,29-31,36-37,39H,8,11,16-18,35H2,1-2H3;5-7,13-16,18,22,24-25,27H,3-4,8-10H2,1-2H3;4-10,12-13H,11H2,1-3H3,(H,20,22)/t25-,26-,27-,29+,30+,31+,32-,33-,34+;25-,26-,27-,29+,30+,31-,32-,33-,34+;13-,14-,15-,16+,18+,19-,20-,21-;/m000./s1. The number of rotatable bonds is 16. The van der Waals surface area contributed by atoms with Gasteiger partial charge >= 0.3 is 6.09 Å². The number of benzene rings is 6. The average molecular weight is 1830 g/mol. The minimum atomic E-state index is -2.05. The van der Waals surface area contributed by atoms with E-state index in [1.54, 1.807) is 55.5 Å². The lowest BCUT2D eigenvalue weighted by Crippen LogP contribution is -2.63. The van der Waals surface area contributed by atoms with Crippen LogP contribution >= 0.6 is 0 Å². The van der Waals surface area contributed by atoms with Gasteiger partial charge in [-0.3, -0.25) is 38.9 Å². The van der Waals surface area contributed by atoms with E-state index in [1.165, 1.54) is 0 Å². The number of fused-ring (bicyclic) bond motifs is 19. The molecule has 2 aliphatic heterocycles. The van der Waals surface area contributed by atoms with Crippen molar-refractivity contribution in [1.82, 2.24) is 0 Å². The fraction of sp³-hybridized carbons (Fsp3) is 0.481. The van der Waals surface area contributed by atoms with E-state index in [2.05, 4.69) is 29.8 Å². The zero-order valence-corrected chi connectivity index (χ0v) is 77.3. The topological polar surface area (TPSA) is 433 Å². The predicted octanol–water partition coefficient (Wildman–Crippen LogP) is 14.2. The Kier molecular flexibility index (Phi) is 25.5. The molecule has 6 aromatic carbocycles. The highest BCUT2D eigenvalue weighted by Crippen LogP contribution is 2.74. The van der Waals surface area contributed by atoms with Crippen molar-refractivity contribution in [3.05, 3.63) is 245 Å². The van der Waals surface area contributed by atoms with E-state index in [1.807, 2.05) is 193 Å². The molecule has 26 nitrogen and oxygen atoms in total. The minimum absolute atomic E-state index is 0.000347. The first-order valence-electron chi connectivity index (χ1n) is 47.1. The Hall–Kier alpha value is -10.6. The maximum atomic E-state index is 13.7. The van der Waals surface area contributed by atoms with Crippen LogP contribution in [0.1, 0.15) is 185 Å². The lowest BCUT2D eigenvalue weighted by atomic mass is 9.46. The Morgan fingerprint density at radius 1 is 0.478 bits per heavy atom. The predicted molar refractivity (Wildman–Crippen MR) is 502 cm³/mol. The number of nitrogen functional groups attached to an aromatic ring is 2. The molecule has 0 spiro atoms. The highest BCUT2D eigenvalue weighted by molar-refractivity contribution is 6.03. The van der Waals surface area contributed by atoms with Crippen LogP contribution in [0, 0.1) is 85.8 Å². The Balaban J connectivity index is 0.000000128. The van der Waals surface area contributed by atoms with Crippen LogP contribution in [0.5, 0.6) is 0 Å². The van der Waals surface area contributed by atoms with Crippen molar-refractivity contribution in [2.45, 2.75) is 217 Å². The van der Waals surface area contributed by atoms with Crippen molar-refractivity contribution in [2.75, 3.05) is 47.2 Å². The van der Waals surface area contributed by atoms with Crippen LogP contribution in [0.3, 0.4) is 0 Å². The van der Waals surface area contributed by atoms with Gasteiger partial charge in [-0.1, -0.05) is 149 Å². The number of ketones is 6. The summed E-state index contributed by atoms with van der Waals surface area (Å²) >= 11 is 0. The van der Waals surface area contributed by atoms with Crippen LogP contribution in [-0.2, 0) is 58.9 Å². The van der Waals surface area contributed by atoms with Crippen molar-refractivity contribution in [3.8, 4) is 0 Å². The van der Waals surface area contributed by atoms with Crippen LogP contribution < -0.4 is 27.4 Å². The number of aliphatic hydroxyl groups excluding tert-OH is 7. The highest BCUT2D eigenvalue weighted by atomic mass is 16.8. The van der Waals surface area contributed by atoms with Gasteiger partial charge in [0.05, 0.1) is 36.6 Å². The van der Waals surface area contributed by atoms with Gasteiger partial charge in [-0.25, -0.2) is 4.79 Å². The number of carbonyl (C=O) groups is 8. The largest absolute Gasteiger partial charge is 0.444 e. The number of ether oxygens (including phenoxy) is 5. The smallest absolute Gasteiger partial charge is 0.412 e. The number of allylic oxidation sites excluding steroid dienone is 12. The maximum absolute atomic E-state index is 13.7. The monoisotopic (exact) mass is 1830 g/mol. The number of carbonyl (C=O) groups excluding carboxylic acids is 8. The van der Waals surface area contributed by atoms with Gasteiger partial charge in [-0.2, -0.15) is 0 Å². The van der Waals surface area contributed by atoms with Crippen molar-refractivity contribution in [1.29, 1.82) is 0 Å². The fourth-order valence-corrected chi connectivity index (χ4v) is 27.8. The molecule has 2 saturated heterocycles. The molecule has 0 bridgehead atoms. The van der Waals surface area contributed by atoms with E-state index in [0.29, 0.717) is 48.3 Å². The molecule has 708 valence electrons. The number of hydrogen-bond acceptors (Lipinski definition) is 25. The zero-order chi connectivity index (χ0) is 95.5. The summed E-state index contributed by atoms with van der Waals surface area (Å²) in [5.74, 6) is -1.67. The fourth-order valence-electron chi connectivity index (χ4n) is 27.8. The van der Waals surface area contributed by atoms with E-state index in [4.69, 9.17) is 35.2 Å². The zero-order valence-electron chi connectivity index (χ0n) is 77.3. The van der Waals surface area contributed by atoms with Crippen molar-refractivity contribution in [2.24, 2.45) is 85.8 Å². The number of nitrogens with two attached hydrogens (primary N) is 2. The van der Waals surface area contributed by atoms with Gasteiger partial charge in [0.1, 0.15) is 31.7 Å². The second kappa shape index (κ2) is 35.8. The summed E-state index contributed by atoms with van der Waals surface area (Å²) < 4.78 is 31.7. The third kappa shape index (κ3) is 16.2. The number of amides is 1. The Morgan fingerprint density at radius 3 is 1.25 bits per heavy atom. The van der Waals surface area contributed by atoms with E-state index in [9.17, 15) is 79.2 Å². The molecule has 2 heterocycles. The summed E-state index contributed by atoms with van der Waals surface area (Å²) in [6, 6.07) is 45.5. The normalized spacial score (nSPS) is 37.3. The van der Waals surface area contributed by atoms with E-state index >= 15 is 0 Å². The van der Waals surface area contributed by atoms with Gasteiger partial charge in [0.25, 0.3) is 0 Å². The molecule has 12 aliphatic carbocycles. The Bertz CT molecular complexity index is 5580. The highest BCUT2D eigenvalue weighted by Gasteiger charge is 2.79. The number of nitrogens with one attached hydrogen (secondary N) is 3. The van der Waals surface area contributed by atoms with Crippen LogP contribution in [0.15, 0.2) is 217 Å². The molecule has 0 unspecified atom stereocenters. The van der Waals surface area contributed by atoms with Gasteiger partial charge in [0.2, 0.25) is 0 Å². The summed E-state index contributed by atoms with van der Waals surface area (Å²) in [4.78, 5) is 98.4. The molecule has 6 aromatic rings. The molecule has 0 aromatic heterocycles. The van der Waals surface area contributed by atoms with Gasteiger partial charge in [-0.15, -0.1) is 0 Å². The quantitative estimate of drug-likeness (QED) is 0.0316. The van der Waals surface area contributed by atoms with Gasteiger partial charge in [-0.05, 0) is 260 Å². The van der Waals surface area contributed by atoms with Crippen molar-refractivity contribution >= 4 is 86.9 Å². The molecule has 11 fully saturated rings. The first-order valence-corrected chi connectivity index (χ1v) is 47.1. The van der Waals surface area contributed by atoms with E-state index in [0.717, 1.165) is 113 Å². The average Bonchev–Trinajstić information content (AvgIpc) is 1.51. The summed E-state index contributed by atoms with van der Waals surface area (Å²) in [6.45, 7) is 15.5. The molecular formula is C108H125N5O21. The first kappa shape index (κ1) is 95.2. The number of aldehydes is 1. The number of Topliss-reactive ketones (excluding diaryl/α,β-unsaturated/α-hetero) is 3. The van der Waals surface area contributed by atoms with Crippen LogP contribution in [0.2, 0.25) is 0 Å². The molecule has 26 heteroatoms. The summed E-state index contributed by atoms with van der Waals surface area (Å²) in [5.41, 5.74) is 15.9. The lowest BCUT2D eigenvalue weighted by molar-refractivity contribution is -0.201. The van der Waals surface area contributed by atoms with Crippen molar-refractivity contribution < 1.29 is 103 Å². The summed E-state index contributed by atoms with van der Waals surface area (Å²) in [7, 11) is 0. The molecule has 26 atom stereocenters. The third-order valence-corrected chi connectivity index (χ3v) is 33.7. The number of aliphatic hydroxyl groups is 8. The van der Waals surface area contributed by atoms with Crippen molar-refractivity contribution in [3.63, 3.8) is 0 Å². The van der Waals surface area contributed by atoms with Crippen LogP contribution in [0.25, 0.3) is 0 Å². The third-order valence-electron chi connectivity index (χ3n) is 33.7. The first-order chi connectivity index (χ1) is 63.6. The number of anilines is 7. The summed E-state index contributed by atoms with van der Waals surface area (Å²) in [6.07, 6.45) is 17.8. The number of hydrogen-bond donors (Lipinski definition) is 13. The maximum Gasteiger partial charge on any atom is 0.412 e. The molecule has 0 radical (unpaired) electrons. The van der Waals surface area contributed by atoms with Gasteiger partial charge in [0, 0.05) is 107 Å². The molecule has 134 heavy (non-hydrogen) atoms. The van der Waals surface area contributed by atoms with Crippen LogP contribution in [0.4, 0.5) is 44.6 Å². The van der Waals surface area contributed by atoms with Gasteiger partial charge in [0.15, 0.2) is 64.1 Å². The minimum Gasteiger partial charge on any atom is -0.444 e. The second-order valence-electron chi connectivity index (χ2n) is 42.1. The molecule has 20 rings (SSSR count). The molecule has 1 amide bonds.